The molecule has 0 unspecified atom stereocenters. The molecule has 0 radical (unpaired) electrons. The average Bonchev–Trinajstić information content (AvgIpc) is 2.84. The van der Waals surface area contributed by atoms with Gasteiger partial charge in [0, 0.05) is 31.2 Å². The highest BCUT2D eigenvalue weighted by Gasteiger charge is 2.40. The number of sulfonamides is 1. The quantitative estimate of drug-likeness (QED) is 0.534. The average molecular weight is 430 g/mol. The van der Waals surface area contributed by atoms with Gasteiger partial charge in [0.15, 0.2) is 0 Å². The number of amides is 2. The first-order chi connectivity index (χ1) is 12.9. The fourth-order valence-electron chi connectivity index (χ4n) is 3.77. The number of carbonyl (C=O) groups excluding carboxylic acids is 2. The molecule has 1 aliphatic heterocycles. The largest absolute Gasteiger partial charge is 0.351 e. The Kier molecular flexibility index (Phi) is 7.86. The summed E-state index contributed by atoms with van der Waals surface area (Å²) < 4.78 is 25.7. The first-order valence-electron chi connectivity index (χ1n) is 9.68. The highest BCUT2D eigenvalue weighted by Crippen LogP contribution is 2.30. The molecule has 1 aromatic rings. The number of hydrogen-bond acceptors (Lipinski definition) is 5. The summed E-state index contributed by atoms with van der Waals surface area (Å²) in [4.78, 5) is 24.4. The third-order valence-electron chi connectivity index (χ3n) is 5.25. The molecule has 2 amide bonds. The van der Waals surface area contributed by atoms with Crippen LogP contribution in [-0.2, 0) is 10.0 Å². The zero-order valence-electron chi connectivity index (χ0n) is 16.1. The molecule has 1 saturated carbocycles. The fraction of sp³-hybridized carbons (Fsp3) is 0.579. The molecule has 0 bridgehead atoms. The second kappa shape index (κ2) is 9.71. The standard InChI is InChI=1S/C19H27N3O4S.ClH/c1-2-22-19(24)16-10-9-14(13-17(16)27(22,25)26)18(23)21-12-11-20-15-7-5-3-4-6-8-15;/h9-10,13,15,20H,2-8,11-12H2,1H3,(H,21,23);1H. The van der Waals surface area contributed by atoms with E-state index in [1.807, 2.05) is 0 Å². The van der Waals surface area contributed by atoms with E-state index in [0.29, 0.717) is 19.1 Å². The molecule has 0 spiro atoms. The summed E-state index contributed by atoms with van der Waals surface area (Å²) in [5, 5.41) is 6.29. The second-order valence-corrected chi connectivity index (χ2v) is 8.92. The summed E-state index contributed by atoms with van der Waals surface area (Å²) in [5.41, 5.74) is 0.376. The third-order valence-corrected chi connectivity index (χ3v) is 7.15. The van der Waals surface area contributed by atoms with Crippen molar-refractivity contribution in [3.8, 4) is 0 Å². The zero-order valence-corrected chi connectivity index (χ0v) is 17.7. The van der Waals surface area contributed by atoms with Gasteiger partial charge in [0.1, 0.15) is 4.90 Å². The maximum absolute atomic E-state index is 12.4. The van der Waals surface area contributed by atoms with E-state index in [1.165, 1.54) is 56.7 Å². The number of hydrogen-bond donors (Lipinski definition) is 2. The summed E-state index contributed by atoms with van der Waals surface area (Å²) in [5.74, 6) is -0.870. The molecule has 2 N–H and O–H groups in total. The first kappa shape index (κ1) is 22.6. The van der Waals surface area contributed by atoms with Crippen LogP contribution in [-0.4, -0.2) is 50.2 Å². The maximum Gasteiger partial charge on any atom is 0.268 e. The van der Waals surface area contributed by atoms with Crippen LogP contribution in [0.25, 0.3) is 0 Å². The fourth-order valence-corrected chi connectivity index (χ4v) is 5.37. The van der Waals surface area contributed by atoms with Crippen molar-refractivity contribution in [3.63, 3.8) is 0 Å². The molecule has 3 rings (SSSR count). The lowest BCUT2D eigenvalue weighted by atomic mass is 10.1. The second-order valence-electron chi connectivity index (χ2n) is 7.08. The zero-order chi connectivity index (χ0) is 19.4. The van der Waals surface area contributed by atoms with Gasteiger partial charge in [0.25, 0.3) is 21.8 Å². The van der Waals surface area contributed by atoms with Crippen LogP contribution < -0.4 is 10.6 Å². The van der Waals surface area contributed by atoms with Crippen LogP contribution >= 0.6 is 12.4 Å². The van der Waals surface area contributed by atoms with Crippen molar-refractivity contribution >= 4 is 34.2 Å². The van der Waals surface area contributed by atoms with Gasteiger partial charge in [-0.1, -0.05) is 25.7 Å². The highest BCUT2D eigenvalue weighted by molar-refractivity contribution is 7.90. The van der Waals surface area contributed by atoms with Crippen molar-refractivity contribution in [1.82, 2.24) is 14.9 Å². The van der Waals surface area contributed by atoms with Crippen LogP contribution in [0.2, 0.25) is 0 Å². The smallest absolute Gasteiger partial charge is 0.268 e. The highest BCUT2D eigenvalue weighted by atomic mass is 35.5. The van der Waals surface area contributed by atoms with Gasteiger partial charge in [-0.3, -0.25) is 9.59 Å². The lowest BCUT2D eigenvalue weighted by Gasteiger charge is -2.16. The van der Waals surface area contributed by atoms with E-state index in [1.54, 1.807) is 6.92 Å². The summed E-state index contributed by atoms with van der Waals surface area (Å²) in [6.07, 6.45) is 7.46. The molecule has 156 valence electrons. The van der Waals surface area contributed by atoms with Crippen LogP contribution in [0.15, 0.2) is 23.1 Å². The van der Waals surface area contributed by atoms with Gasteiger partial charge in [-0.15, -0.1) is 12.4 Å². The molecule has 1 heterocycles. The maximum atomic E-state index is 12.4. The van der Waals surface area contributed by atoms with E-state index in [2.05, 4.69) is 10.6 Å². The van der Waals surface area contributed by atoms with E-state index in [-0.39, 0.29) is 40.9 Å². The SMILES string of the molecule is CCN1C(=O)c2ccc(C(=O)NCCNC3CCCCCC3)cc2S1(=O)=O.Cl. The van der Waals surface area contributed by atoms with E-state index < -0.39 is 15.9 Å². The third kappa shape index (κ3) is 4.67. The molecule has 1 fully saturated rings. The van der Waals surface area contributed by atoms with Crippen LogP contribution in [0, 0.1) is 0 Å². The number of carbonyl (C=O) groups is 2. The summed E-state index contributed by atoms with van der Waals surface area (Å²) in [6, 6.07) is 4.73. The minimum atomic E-state index is -3.85. The molecular weight excluding hydrogens is 402 g/mol. The van der Waals surface area contributed by atoms with Crippen LogP contribution in [0.3, 0.4) is 0 Å². The Hall–Kier alpha value is -1.64. The van der Waals surface area contributed by atoms with Gasteiger partial charge in [-0.05, 0) is 38.0 Å². The summed E-state index contributed by atoms with van der Waals surface area (Å²) in [6.45, 7) is 2.83. The first-order valence-corrected chi connectivity index (χ1v) is 11.1. The van der Waals surface area contributed by atoms with E-state index >= 15 is 0 Å². The molecule has 0 aromatic heterocycles. The number of benzene rings is 1. The number of nitrogens with one attached hydrogen (secondary N) is 2. The minimum absolute atomic E-state index is 0. The lowest BCUT2D eigenvalue weighted by Crippen LogP contribution is -2.36. The molecule has 1 aromatic carbocycles. The lowest BCUT2D eigenvalue weighted by molar-refractivity contribution is 0.0874. The van der Waals surface area contributed by atoms with Gasteiger partial charge in [-0.25, -0.2) is 12.7 Å². The minimum Gasteiger partial charge on any atom is -0.351 e. The van der Waals surface area contributed by atoms with E-state index in [9.17, 15) is 18.0 Å². The summed E-state index contributed by atoms with van der Waals surface area (Å²) in [7, 11) is -3.85. The molecular formula is C19H28ClN3O4S. The van der Waals surface area contributed by atoms with Gasteiger partial charge in [-0.2, -0.15) is 0 Å². The van der Waals surface area contributed by atoms with Gasteiger partial charge in [0.2, 0.25) is 0 Å². The summed E-state index contributed by atoms with van der Waals surface area (Å²) >= 11 is 0. The Balaban J connectivity index is 0.00000280. The van der Waals surface area contributed by atoms with Crippen molar-refractivity contribution in [2.75, 3.05) is 19.6 Å². The Morgan fingerprint density at radius 1 is 1.14 bits per heavy atom. The topological polar surface area (TPSA) is 95.6 Å². The van der Waals surface area contributed by atoms with Crippen LogP contribution in [0.4, 0.5) is 0 Å². The van der Waals surface area contributed by atoms with Crippen molar-refractivity contribution in [2.24, 2.45) is 0 Å². The normalized spacial score (nSPS) is 18.9. The Labute approximate surface area is 172 Å². The molecule has 2 aliphatic rings. The molecule has 9 heteroatoms. The van der Waals surface area contributed by atoms with Crippen LogP contribution in [0.1, 0.15) is 66.2 Å². The Morgan fingerprint density at radius 2 is 1.82 bits per heavy atom. The van der Waals surface area contributed by atoms with Crippen molar-refractivity contribution in [3.05, 3.63) is 29.3 Å². The predicted octanol–water partition coefficient (Wildman–Crippen LogP) is 2.31. The number of halogens is 1. The predicted molar refractivity (Wildman–Crippen MR) is 109 cm³/mol. The molecule has 0 saturated heterocycles. The number of rotatable bonds is 6. The molecule has 0 atom stereocenters. The van der Waals surface area contributed by atoms with Crippen molar-refractivity contribution < 1.29 is 18.0 Å². The van der Waals surface area contributed by atoms with Gasteiger partial charge in [0.05, 0.1) is 5.56 Å². The molecule has 28 heavy (non-hydrogen) atoms. The molecule has 7 nitrogen and oxygen atoms in total. The molecule has 1 aliphatic carbocycles. The number of fused-ring (bicyclic) bond motifs is 1. The van der Waals surface area contributed by atoms with E-state index in [0.717, 1.165) is 4.31 Å². The van der Waals surface area contributed by atoms with Crippen molar-refractivity contribution in [1.29, 1.82) is 0 Å². The number of nitrogens with zero attached hydrogens (tertiary/aromatic N) is 1. The van der Waals surface area contributed by atoms with Gasteiger partial charge >= 0.3 is 0 Å². The van der Waals surface area contributed by atoms with Crippen molar-refractivity contribution in [2.45, 2.75) is 56.4 Å². The van der Waals surface area contributed by atoms with E-state index in [4.69, 9.17) is 0 Å². The monoisotopic (exact) mass is 429 g/mol. The van der Waals surface area contributed by atoms with Gasteiger partial charge < -0.3 is 10.6 Å². The van der Waals surface area contributed by atoms with Crippen LogP contribution in [0.5, 0.6) is 0 Å². The Bertz CT molecular complexity index is 820. The Morgan fingerprint density at radius 3 is 2.46 bits per heavy atom.